The molecule has 0 spiro atoms. The topological polar surface area (TPSA) is 51.6 Å². The Balaban J connectivity index is 0.951. The molecule has 55 heavy (non-hydrogen) atoms. The number of rotatable bonds is 6. The van der Waals surface area contributed by atoms with Gasteiger partial charge in [-0.2, -0.15) is 0 Å². The fourth-order valence-corrected chi connectivity index (χ4v) is 8.04. The Hall–Kier alpha value is -7.04. The average Bonchev–Trinajstić information content (AvgIpc) is 3.26. The predicted octanol–water partition coefficient (Wildman–Crippen LogP) is 12.7. The van der Waals surface area contributed by atoms with Gasteiger partial charge in [0.25, 0.3) is 0 Å². The lowest BCUT2D eigenvalue weighted by Gasteiger charge is -2.35. The summed E-state index contributed by atoms with van der Waals surface area (Å²) in [5.41, 5.74) is 15.7. The Bertz CT molecular complexity index is 2800. The number of pyridine rings is 1. The normalized spacial score (nSPS) is 12.7. The van der Waals surface area contributed by atoms with E-state index in [-0.39, 0.29) is 5.41 Å². The van der Waals surface area contributed by atoms with Crippen LogP contribution in [0.5, 0.6) is 0 Å². The van der Waals surface area contributed by atoms with Crippen LogP contribution in [0.3, 0.4) is 0 Å². The van der Waals surface area contributed by atoms with E-state index in [0.29, 0.717) is 17.5 Å². The van der Waals surface area contributed by atoms with E-state index >= 15 is 0 Å². The maximum atomic E-state index is 5.23. The maximum Gasteiger partial charge on any atom is 0.164 e. The minimum absolute atomic E-state index is 0.0897. The molecule has 9 aromatic rings. The van der Waals surface area contributed by atoms with Gasteiger partial charge in [0.15, 0.2) is 17.5 Å². The molecule has 0 amide bonds. The first-order valence-electron chi connectivity index (χ1n) is 18.7. The highest BCUT2D eigenvalue weighted by molar-refractivity contribution is 6.03. The lowest BCUT2D eigenvalue weighted by atomic mass is 9.69. The van der Waals surface area contributed by atoms with Crippen molar-refractivity contribution in [2.75, 3.05) is 0 Å². The second-order valence-electron chi connectivity index (χ2n) is 14.7. The molecule has 0 fully saturated rings. The number of hydrogen-bond donors (Lipinski definition) is 0. The molecular weight excluding hydrogens is 669 g/mol. The molecule has 0 radical (unpaired) electrons. The predicted molar refractivity (Wildman–Crippen MR) is 225 cm³/mol. The molecule has 2 aromatic heterocycles. The Morgan fingerprint density at radius 1 is 0.327 bits per heavy atom. The van der Waals surface area contributed by atoms with Crippen LogP contribution < -0.4 is 0 Å². The van der Waals surface area contributed by atoms with Gasteiger partial charge in [0.1, 0.15) is 0 Å². The summed E-state index contributed by atoms with van der Waals surface area (Å²) in [4.78, 5) is 19.9. The van der Waals surface area contributed by atoms with E-state index in [0.717, 1.165) is 55.7 Å². The molecule has 0 unspecified atom stereocenters. The molecule has 260 valence electrons. The quantitative estimate of drug-likeness (QED) is 0.173. The fourth-order valence-electron chi connectivity index (χ4n) is 8.04. The van der Waals surface area contributed by atoms with Crippen molar-refractivity contribution in [2.24, 2.45) is 0 Å². The average molecular weight is 705 g/mol. The van der Waals surface area contributed by atoms with Crippen LogP contribution in [0.2, 0.25) is 0 Å². The van der Waals surface area contributed by atoms with Crippen molar-refractivity contribution in [3.05, 3.63) is 193 Å². The summed E-state index contributed by atoms with van der Waals surface area (Å²) >= 11 is 0. The van der Waals surface area contributed by atoms with Gasteiger partial charge in [0.2, 0.25) is 0 Å². The zero-order valence-corrected chi connectivity index (χ0v) is 30.6. The zero-order chi connectivity index (χ0) is 36.9. The van der Waals surface area contributed by atoms with Gasteiger partial charge in [-0.3, -0.25) is 0 Å². The molecule has 0 atom stereocenters. The molecule has 0 N–H and O–H groups in total. The van der Waals surface area contributed by atoms with Crippen molar-refractivity contribution in [3.8, 4) is 78.8 Å². The summed E-state index contributed by atoms with van der Waals surface area (Å²) in [6.45, 7) is 4.64. The second kappa shape index (κ2) is 13.1. The van der Waals surface area contributed by atoms with E-state index in [2.05, 4.69) is 135 Å². The van der Waals surface area contributed by atoms with Crippen LogP contribution in [0, 0.1) is 0 Å². The third-order valence-electron chi connectivity index (χ3n) is 11.0. The molecule has 2 heterocycles. The Labute approximate surface area is 320 Å². The van der Waals surface area contributed by atoms with E-state index in [1.807, 2.05) is 60.7 Å². The zero-order valence-electron chi connectivity index (χ0n) is 30.6. The van der Waals surface area contributed by atoms with E-state index < -0.39 is 0 Å². The summed E-state index contributed by atoms with van der Waals surface area (Å²) in [6.07, 6.45) is 0. The molecule has 1 aliphatic carbocycles. The van der Waals surface area contributed by atoms with Gasteiger partial charge in [-0.15, -0.1) is 0 Å². The highest BCUT2D eigenvalue weighted by Gasteiger charge is 2.33. The molecule has 4 nitrogen and oxygen atoms in total. The van der Waals surface area contributed by atoms with Crippen LogP contribution >= 0.6 is 0 Å². The van der Waals surface area contributed by atoms with Gasteiger partial charge in [-0.1, -0.05) is 178 Å². The summed E-state index contributed by atoms with van der Waals surface area (Å²) in [7, 11) is 0. The monoisotopic (exact) mass is 704 g/mol. The first-order valence-corrected chi connectivity index (χ1v) is 18.7. The van der Waals surface area contributed by atoms with Crippen molar-refractivity contribution in [1.82, 2.24) is 19.9 Å². The van der Waals surface area contributed by atoms with Gasteiger partial charge >= 0.3 is 0 Å². The Morgan fingerprint density at radius 2 is 0.782 bits per heavy atom. The van der Waals surface area contributed by atoms with Gasteiger partial charge in [-0.25, -0.2) is 19.9 Å². The van der Waals surface area contributed by atoms with Crippen LogP contribution in [-0.2, 0) is 5.41 Å². The van der Waals surface area contributed by atoms with Crippen molar-refractivity contribution >= 4 is 10.9 Å². The first-order chi connectivity index (χ1) is 27.0. The maximum absolute atomic E-state index is 5.23. The molecule has 10 rings (SSSR count). The lowest BCUT2D eigenvalue weighted by Crippen LogP contribution is -2.23. The lowest BCUT2D eigenvalue weighted by molar-refractivity contribution is 0.645. The number of hydrogen-bond acceptors (Lipinski definition) is 4. The summed E-state index contributed by atoms with van der Waals surface area (Å²) in [5, 5.41) is 1.26. The summed E-state index contributed by atoms with van der Waals surface area (Å²) < 4.78 is 0. The van der Waals surface area contributed by atoms with Gasteiger partial charge < -0.3 is 0 Å². The van der Waals surface area contributed by atoms with Crippen LogP contribution in [0.4, 0.5) is 0 Å². The Morgan fingerprint density at radius 3 is 1.40 bits per heavy atom. The third-order valence-corrected chi connectivity index (χ3v) is 11.0. The second-order valence-corrected chi connectivity index (χ2v) is 14.7. The SMILES string of the molecule is CC1(C)c2ccccc2-c2cc(-c3cccc(-c4ccc(-c5ccc(-c6nc(-c7ccccc7)nc(-c7ccccc7)n6)cc5)cc4)c3)nc3cccc1c23. The smallest absolute Gasteiger partial charge is 0.164 e. The molecule has 0 bridgehead atoms. The van der Waals surface area contributed by atoms with Crippen LogP contribution in [0.15, 0.2) is 182 Å². The fraction of sp³-hybridized carbons (Fsp3) is 0.0588. The van der Waals surface area contributed by atoms with Gasteiger partial charge in [0.05, 0.1) is 11.2 Å². The largest absolute Gasteiger partial charge is 0.248 e. The van der Waals surface area contributed by atoms with Gasteiger partial charge in [0, 0.05) is 33.1 Å². The minimum atomic E-state index is -0.0897. The number of benzene rings is 7. The molecule has 4 heteroatoms. The number of nitrogens with zero attached hydrogens (tertiary/aromatic N) is 4. The highest BCUT2D eigenvalue weighted by atomic mass is 15.0. The van der Waals surface area contributed by atoms with Crippen molar-refractivity contribution in [3.63, 3.8) is 0 Å². The number of fused-ring (bicyclic) bond motifs is 2. The summed E-state index contributed by atoms with van der Waals surface area (Å²) in [5.74, 6) is 1.96. The molecule has 1 aliphatic rings. The van der Waals surface area contributed by atoms with Crippen molar-refractivity contribution < 1.29 is 0 Å². The molecular formula is C51H36N4. The van der Waals surface area contributed by atoms with Gasteiger partial charge in [-0.05, 0) is 62.7 Å². The minimum Gasteiger partial charge on any atom is -0.248 e. The van der Waals surface area contributed by atoms with E-state index in [4.69, 9.17) is 19.9 Å². The highest BCUT2D eigenvalue weighted by Crippen LogP contribution is 2.49. The van der Waals surface area contributed by atoms with Crippen LogP contribution in [0.25, 0.3) is 89.7 Å². The molecule has 0 saturated carbocycles. The first kappa shape index (κ1) is 32.6. The third kappa shape index (κ3) is 5.80. The summed E-state index contributed by atoms with van der Waals surface area (Å²) in [6, 6.07) is 63.8. The molecule has 0 aliphatic heterocycles. The Kier molecular flexibility index (Phi) is 7.77. The van der Waals surface area contributed by atoms with E-state index in [9.17, 15) is 0 Å². The molecule has 7 aromatic carbocycles. The molecule has 0 saturated heterocycles. The standard InChI is InChI=1S/C51H36N4/c1-51(2)43-20-10-9-19-41(43)42-32-46(52-45-22-12-21-44(51)47(42)45)40-18-11-17-39(31-40)35-25-23-33(24-26-35)34-27-29-38(30-28-34)50-54-48(36-13-5-3-6-14-36)53-49(55-50)37-15-7-4-8-16-37/h3-32H,1-2H3. The number of aromatic nitrogens is 4. The van der Waals surface area contributed by atoms with E-state index in [1.165, 1.54) is 27.6 Å². The van der Waals surface area contributed by atoms with Crippen LogP contribution in [0.1, 0.15) is 25.0 Å². The van der Waals surface area contributed by atoms with Crippen molar-refractivity contribution in [2.45, 2.75) is 19.3 Å². The van der Waals surface area contributed by atoms with E-state index in [1.54, 1.807) is 0 Å². The van der Waals surface area contributed by atoms with Crippen LogP contribution in [-0.4, -0.2) is 19.9 Å². The van der Waals surface area contributed by atoms with Crippen molar-refractivity contribution in [1.29, 1.82) is 0 Å².